The summed E-state index contributed by atoms with van der Waals surface area (Å²) in [4.78, 5) is 0. The predicted molar refractivity (Wildman–Crippen MR) is 69.7 cm³/mol. The highest BCUT2D eigenvalue weighted by Crippen LogP contribution is 2.41. The van der Waals surface area contributed by atoms with Crippen molar-refractivity contribution >= 4 is 11.8 Å². The number of aryl methyl sites for hydroxylation is 1. The molecule has 0 aliphatic heterocycles. The summed E-state index contributed by atoms with van der Waals surface area (Å²) < 4.78 is 36.9. The molecule has 108 valence electrons. The summed E-state index contributed by atoms with van der Waals surface area (Å²) in [5.74, 6) is -0.794. The SMILES string of the molecule is Cc1occc1-c1nnc(SC[C@H]2CCC(F)(F)C2)o1. The summed E-state index contributed by atoms with van der Waals surface area (Å²) in [7, 11) is 0. The van der Waals surface area contributed by atoms with E-state index in [-0.39, 0.29) is 18.8 Å². The van der Waals surface area contributed by atoms with E-state index in [2.05, 4.69) is 10.2 Å². The number of furan rings is 1. The zero-order valence-corrected chi connectivity index (χ0v) is 11.8. The highest BCUT2D eigenvalue weighted by atomic mass is 32.2. The van der Waals surface area contributed by atoms with Gasteiger partial charge in [-0.05, 0) is 25.3 Å². The second kappa shape index (κ2) is 5.20. The number of aromatic nitrogens is 2. The van der Waals surface area contributed by atoms with Crippen LogP contribution in [0.2, 0.25) is 0 Å². The summed E-state index contributed by atoms with van der Waals surface area (Å²) in [6.45, 7) is 1.81. The molecule has 1 fully saturated rings. The quantitative estimate of drug-likeness (QED) is 0.793. The molecule has 0 bridgehead atoms. The lowest BCUT2D eigenvalue weighted by Crippen LogP contribution is -2.10. The van der Waals surface area contributed by atoms with Crippen molar-refractivity contribution in [2.75, 3.05) is 5.75 Å². The molecule has 4 nitrogen and oxygen atoms in total. The van der Waals surface area contributed by atoms with Crippen molar-refractivity contribution in [3.63, 3.8) is 0 Å². The lowest BCUT2D eigenvalue weighted by Gasteiger charge is -2.08. The van der Waals surface area contributed by atoms with Crippen molar-refractivity contribution < 1.29 is 17.6 Å². The standard InChI is InChI=1S/C13H14F2N2O2S/c1-8-10(3-5-18-8)11-16-17-12(19-11)20-7-9-2-4-13(14,15)6-9/h3,5,9H,2,4,6-7H2,1H3/t9-/m0/s1. The van der Waals surface area contributed by atoms with Crippen LogP contribution in [0, 0.1) is 12.8 Å². The first kappa shape index (κ1) is 13.6. The number of hydrogen-bond donors (Lipinski definition) is 0. The van der Waals surface area contributed by atoms with Gasteiger partial charge >= 0.3 is 0 Å². The Kier molecular flexibility index (Phi) is 3.54. The van der Waals surface area contributed by atoms with Gasteiger partial charge in [-0.1, -0.05) is 11.8 Å². The van der Waals surface area contributed by atoms with E-state index in [4.69, 9.17) is 8.83 Å². The number of rotatable bonds is 4. The molecule has 1 aliphatic carbocycles. The molecular weight excluding hydrogens is 286 g/mol. The molecule has 20 heavy (non-hydrogen) atoms. The van der Waals surface area contributed by atoms with Crippen molar-refractivity contribution in [2.24, 2.45) is 5.92 Å². The smallest absolute Gasteiger partial charge is 0.276 e. The lowest BCUT2D eigenvalue weighted by atomic mass is 10.1. The van der Waals surface area contributed by atoms with Gasteiger partial charge in [-0.25, -0.2) is 8.78 Å². The van der Waals surface area contributed by atoms with Gasteiger partial charge in [0.1, 0.15) is 5.76 Å². The maximum Gasteiger partial charge on any atom is 0.276 e. The molecule has 0 N–H and O–H groups in total. The molecule has 1 saturated carbocycles. The minimum absolute atomic E-state index is 0.0124. The molecule has 0 unspecified atom stereocenters. The Morgan fingerprint density at radius 2 is 2.30 bits per heavy atom. The molecule has 3 rings (SSSR count). The molecular formula is C13H14F2N2O2S. The van der Waals surface area contributed by atoms with Gasteiger partial charge in [-0.15, -0.1) is 10.2 Å². The van der Waals surface area contributed by atoms with E-state index >= 15 is 0 Å². The van der Waals surface area contributed by atoms with Gasteiger partial charge in [0.15, 0.2) is 0 Å². The summed E-state index contributed by atoms with van der Waals surface area (Å²) in [6, 6.07) is 1.76. The van der Waals surface area contributed by atoms with Crippen LogP contribution in [0.3, 0.4) is 0 Å². The summed E-state index contributed by atoms with van der Waals surface area (Å²) in [5.41, 5.74) is 0.761. The normalized spacial score (nSPS) is 21.4. The van der Waals surface area contributed by atoms with Crippen LogP contribution in [-0.2, 0) is 0 Å². The summed E-state index contributed by atoms with van der Waals surface area (Å²) in [5, 5.41) is 8.29. The van der Waals surface area contributed by atoms with Crippen LogP contribution in [0.4, 0.5) is 8.78 Å². The molecule has 0 aromatic carbocycles. The third-order valence-electron chi connectivity index (χ3n) is 3.44. The monoisotopic (exact) mass is 300 g/mol. The topological polar surface area (TPSA) is 52.1 Å². The maximum absolute atomic E-state index is 13.1. The van der Waals surface area contributed by atoms with Crippen LogP contribution < -0.4 is 0 Å². The molecule has 2 aromatic heterocycles. The van der Waals surface area contributed by atoms with Crippen LogP contribution in [-0.4, -0.2) is 21.9 Å². The van der Waals surface area contributed by atoms with Crippen molar-refractivity contribution in [2.45, 2.75) is 37.3 Å². The van der Waals surface area contributed by atoms with E-state index in [0.717, 1.165) is 5.56 Å². The third kappa shape index (κ3) is 2.87. The number of alkyl halides is 2. The molecule has 2 heterocycles. The first-order chi connectivity index (χ1) is 9.53. The minimum Gasteiger partial charge on any atom is -0.469 e. The average molecular weight is 300 g/mol. The lowest BCUT2D eigenvalue weighted by molar-refractivity contribution is 0.00595. The molecule has 2 aromatic rings. The van der Waals surface area contributed by atoms with Gasteiger partial charge < -0.3 is 8.83 Å². The minimum atomic E-state index is -2.50. The van der Waals surface area contributed by atoms with Gasteiger partial charge in [-0.2, -0.15) is 0 Å². The fraction of sp³-hybridized carbons (Fsp3) is 0.538. The Morgan fingerprint density at radius 1 is 1.45 bits per heavy atom. The van der Waals surface area contributed by atoms with Gasteiger partial charge in [0.2, 0.25) is 5.92 Å². The van der Waals surface area contributed by atoms with Crippen molar-refractivity contribution in [3.05, 3.63) is 18.1 Å². The van der Waals surface area contributed by atoms with Gasteiger partial charge in [0.05, 0.1) is 11.8 Å². The molecule has 0 saturated heterocycles. The first-order valence-corrected chi connectivity index (χ1v) is 7.41. The van der Waals surface area contributed by atoms with Crippen LogP contribution in [0.1, 0.15) is 25.0 Å². The molecule has 0 spiro atoms. The largest absolute Gasteiger partial charge is 0.469 e. The van der Waals surface area contributed by atoms with Crippen LogP contribution in [0.15, 0.2) is 26.4 Å². The van der Waals surface area contributed by atoms with Crippen molar-refractivity contribution in [1.82, 2.24) is 10.2 Å². The van der Waals surface area contributed by atoms with Crippen molar-refractivity contribution in [1.29, 1.82) is 0 Å². The number of thioether (sulfide) groups is 1. The molecule has 1 atom stereocenters. The van der Waals surface area contributed by atoms with E-state index in [1.54, 1.807) is 12.3 Å². The van der Waals surface area contributed by atoms with Gasteiger partial charge in [0.25, 0.3) is 11.1 Å². The van der Waals surface area contributed by atoms with Crippen LogP contribution in [0.5, 0.6) is 0 Å². The highest BCUT2D eigenvalue weighted by molar-refractivity contribution is 7.99. The second-order valence-electron chi connectivity index (χ2n) is 5.04. The summed E-state index contributed by atoms with van der Waals surface area (Å²) in [6.07, 6.45) is 2.06. The zero-order valence-electron chi connectivity index (χ0n) is 10.9. The number of nitrogens with zero attached hydrogens (tertiary/aromatic N) is 2. The van der Waals surface area contributed by atoms with E-state index in [1.165, 1.54) is 11.8 Å². The van der Waals surface area contributed by atoms with Crippen LogP contribution >= 0.6 is 11.8 Å². The fourth-order valence-corrected chi connectivity index (χ4v) is 3.26. The highest BCUT2D eigenvalue weighted by Gasteiger charge is 2.39. The van der Waals surface area contributed by atoms with Crippen molar-refractivity contribution in [3.8, 4) is 11.5 Å². The third-order valence-corrected chi connectivity index (χ3v) is 4.49. The van der Waals surface area contributed by atoms with E-state index in [9.17, 15) is 8.78 Å². The van der Waals surface area contributed by atoms with Gasteiger partial charge in [-0.3, -0.25) is 0 Å². The Bertz CT molecular complexity index is 597. The number of halogens is 2. The average Bonchev–Trinajstić information content (AvgIpc) is 3.07. The van der Waals surface area contributed by atoms with E-state index < -0.39 is 5.92 Å². The number of hydrogen-bond acceptors (Lipinski definition) is 5. The Hall–Kier alpha value is -1.37. The zero-order chi connectivity index (χ0) is 14.2. The molecule has 1 aliphatic rings. The van der Waals surface area contributed by atoms with E-state index in [1.807, 2.05) is 6.92 Å². The van der Waals surface area contributed by atoms with Gasteiger partial charge in [0, 0.05) is 18.6 Å². The predicted octanol–water partition coefficient (Wildman–Crippen LogP) is 4.17. The molecule has 0 amide bonds. The van der Waals surface area contributed by atoms with Crippen LogP contribution in [0.25, 0.3) is 11.5 Å². The Labute approximate surface area is 118 Å². The first-order valence-electron chi connectivity index (χ1n) is 6.42. The Morgan fingerprint density at radius 3 is 2.95 bits per heavy atom. The second-order valence-corrected chi connectivity index (χ2v) is 6.01. The Balaban J connectivity index is 1.60. The molecule has 7 heteroatoms. The maximum atomic E-state index is 13.1. The van der Waals surface area contributed by atoms with E-state index in [0.29, 0.717) is 29.0 Å². The molecule has 0 radical (unpaired) electrons. The summed E-state index contributed by atoms with van der Waals surface area (Å²) >= 11 is 1.34. The fourth-order valence-electron chi connectivity index (χ4n) is 2.36.